The van der Waals surface area contributed by atoms with Gasteiger partial charge in [-0.3, -0.25) is 0 Å². The van der Waals surface area contributed by atoms with E-state index in [0.717, 1.165) is 13.0 Å². The van der Waals surface area contributed by atoms with E-state index in [1.807, 2.05) is 0 Å². The lowest BCUT2D eigenvalue weighted by molar-refractivity contribution is -0.132. The number of nitrogens with zero attached hydrogens (tertiary/aromatic N) is 1. The van der Waals surface area contributed by atoms with Gasteiger partial charge in [-0.2, -0.15) is 0 Å². The Morgan fingerprint density at radius 3 is 1.79 bits per heavy atom. The molecule has 0 bridgehead atoms. The standard InChI is InChI=1S/C16H34ClN.C4H6O2/c1-4-5-6-7-8-9-10-11-12-13-16(17)14-15-18(2)3;1-3(2)4(5)6/h16H,4-15H2,1-3H3;1H2,2H3,(H,5,6). The van der Waals surface area contributed by atoms with Crippen molar-refractivity contribution in [3.05, 3.63) is 12.2 Å². The molecule has 0 aliphatic rings. The lowest BCUT2D eigenvalue weighted by atomic mass is 10.1. The third kappa shape index (κ3) is 23.7. The Bertz CT molecular complexity index is 294. The molecule has 24 heavy (non-hydrogen) atoms. The summed E-state index contributed by atoms with van der Waals surface area (Å²) in [6.45, 7) is 8.00. The van der Waals surface area contributed by atoms with E-state index in [2.05, 4.69) is 32.5 Å². The Balaban J connectivity index is 0. The van der Waals surface area contributed by atoms with E-state index < -0.39 is 5.97 Å². The normalized spacial score (nSPS) is 11.8. The molecular weight excluding hydrogens is 322 g/mol. The Kier molecular flexibility index (Phi) is 20.1. The average molecular weight is 362 g/mol. The number of alkyl halides is 1. The first kappa shape index (κ1) is 25.7. The van der Waals surface area contributed by atoms with Crippen LogP contribution in [0.5, 0.6) is 0 Å². The topological polar surface area (TPSA) is 40.5 Å². The molecule has 0 aliphatic heterocycles. The number of carboxylic acid groups (broad SMARTS) is 1. The molecule has 0 fully saturated rings. The zero-order chi connectivity index (χ0) is 18.8. The minimum Gasteiger partial charge on any atom is -0.478 e. The van der Waals surface area contributed by atoms with Gasteiger partial charge in [0.25, 0.3) is 0 Å². The average Bonchev–Trinajstić information content (AvgIpc) is 2.51. The minimum atomic E-state index is -0.935. The molecule has 0 saturated heterocycles. The highest BCUT2D eigenvalue weighted by Gasteiger charge is 2.04. The van der Waals surface area contributed by atoms with Crippen LogP contribution >= 0.6 is 11.6 Å². The summed E-state index contributed by atoms with van der Waals surface area (Å²) >= 11 is 6.30. The van der Waals surface area contributed by atoms with Crippen LogP contribution in [-0.4, -0.2) is 42.0 Å². The van der Waals surface area contributed by atoms with E-state index in [9.17, 15) is 4.79 Å². The number of hydrogen-bond donors (Lipinski definition) is 1. The van der Waals surface area contributed by atoms with Crippen LogP contribution in [0.2, 0.25) is 0 Å². The van der Waals surface area contributed by atoms with Gasteiger partial charge in [-0.15, -0.1) is 11.6 Å². The molecule has 144 valence electrons. The van der Waals surface area contributed by atoms with Crippen LogP contribution in [0.1, 0.15) is 84.5 Å². The molecule has 0 radical (unpaired) electrons. The first-order valence-electron chi connectivity index (χ1n) is 9.48. The van der Waals surface area contributed by atoms with Crippen LogP contribution in [0.4, 0.5) is 0 Å². The molecule has 0 saturated carbocycles. The minimum absolute atomic E-state index is 0.176. The highest BCUT2D eigenvalue weighted by Crippen LogP contribution is 2.15. The van der Waals surface area contributed by atoms with Gasteiger partial charge in [-0.05, 0) is 40.4 Å². The molecule has 0 spiro atoms. The molecule has 1 atom stereocenters. The molecule has 0 aromatic carbocycles. The quantitative estimate of drug-likeness (QED) is 0.230. The largest absolute Gasteiger partial charge is 0.478 e. The molecule has 1 unspecified atom stereocenters. The second-order valence-electron chi connectivity index (χ2n) is 6.89. The predicted molar refractivity (Wildman–Crippen MR) is 107 cm³/mol. The molecule has 0 aliphatic carbocycles. The van der Waals surface area contributed by atoms with Crippen LogP contribution in [0.25, 0.3) is 0 Å². The van der Waals surface area contributed by atoms with Crippen molar-refractivity contribution in [3.8, 4) is 0 Å². The summed E-state index contributed by atoms with van der Waals surface area (Å²) in [6.07, 6.45) is 14.9. The molecule has 4 heteroatoms. The fourth-order valence-corrected chi connectivity index (χ4v) is 2.47. The summed E-state index contributed by atoms with van der Waals surface area (Å²) in [5.74, 6) is -0.935. The second kappa shape index (κ2) is 18.8. The van der Waals surface area contributed by atoms with Crippen molar-refractivity contribution in [1.82, 2.24) is 4.90 Å². The molecule has 0 amide bonds. The van der Waals surface area contributed by atoms with Gasteiger partial charge in [0.15, 0.2) is 0 Å². The number of unbranched alkanes of at least 4 members (excludes halogenated alkanes) is 8. The summed E-state index contributed by atoms with van der Waals surface area (Å²) in [4.78, 5) is 11.8. The van der Waals surface area contributed by atoms with E-state index in [4.69, 9.17) is 16.7 Å². The van der Waals surface area contributed by atoms with Gasteiger partial charge < -0.3 is 10.0 Å². The zero-order valence-corrected chi connectivity index (χ0v) is 17.2. The molecule has 0 aromatic rings. The summed E-state index contributed by atoms with van der Waals surface area (Å²) in [5.41, 5.74) is 0.176. The first-order valence-corrected chi connectivity index (χ1v) is 9.92. The van der Waals surface area contributed by atoms with Gasteiger partial charge >= 0.3 is 5.97 Å². The Morgan fingerprint density at radius 1 is 1.00 bits per heavy atom. The van der Waals surface area contributed by atoms with E-state index in [-0.39, 0.29) is 5.57 Å². The van der Waals surface area contributed by atoms with Gasteiger partial charge in [-0.25, -0.2) is 4.79 Å². The summed E-state index contributed by atoms with van der Waals surface area (Å²) in [7, 11) is 4.23. The number of aliphatic carboxylic acids is 1. The second-order valence-corrected chi connectivity index (χ2v) is 7.51. The SMILES string of the molecule is C=C(C)C(=O)O.CCCCCCCCCCCC(Cl)CCN(C)C. The number of carbonyl (C=O) groups is 1. The monoisotopic (exact) mass is 361 g/mol. The van der Waals surface area contributed by atoms with E-state index >= 15 is 0 Å². The summed E-state index contributed by atoms with van der Waals surface area (Å²) < 4.78 is 0. The van der Waals surface area contributed by atoms with Crippen LogP contribution < -0.4 is 0 Å². The van der Waals surface area contributed by atoms with E-state index in [1.54, 1.807) is 0 Å². The van der Waals surface area contributed by atoms with Crippen molar-refractivity contribution in [2.75, 3.05) is 20.6 Å². The van der Waals surface area contributed by atoms with Gasteiger partial charge in [0, 0.05) is 11.0 Å². The number of carboxylic acids is 1. The zero-order valence-electron chi connectivity index (χ0n) is 16.5. The molecular formula is C20H40ClNO2. The number of hydrogen-bond acceptors (Lipinski definition) is 2. The number of rotatable bonds is 14. The number of halogens is 1. The summed E-state index contributed by atoms with van der Waals surface area (Å²) in [6, 6.07) is 0. The molecule has 0 heterocycles. The molecule has 3 nitrogen and oxygen atoms in total. The third-order valence-electron chi connectivity index (χ3n) is 3.88. The highest BCUT2D eigenvalue weighted by molar-refractivity contribution is 6.20. The van der Waals surface area contributed by atoms with Crippen molar-refractivity contribution in [3.63, 3.8) is 0 Å². The predicted octanol–water partition coefficient (Wildman–Crippen LogP) is 6.11. The lowest BCUT2D eigenvalue weighted by Gasteiger charge is -2.13. The summed E-state index contributed by atoms with van der Waals surface area (Å²) in [5, 5.41) is 8.28. The lowest BCUT2D eigenvalue weighted by Crippen LogP contribution is -2.16. The van der Waals surface area contributed by atoms with Crippen LogP contribution in [0, 0.1) is 0 Å². The maximum absolute atomic E-state index is 9.60. The maximum atomic E-state index is 9.60. The Morgan fingerprint density at radius 2 is 1.42 bits per heavy atom. The molecule has 0 aromatic heterocycles. The van der Waals surface area contributed by atoms with Gasteiger partial charge in [0.05, 0.1) is 0 Å². The fourth-order valence-electron chi connectivity index (χ4n) is 2.22. The Labute approximate surface area is 155 Å². The van der Waals surface area contributed by atoms with Crippen molar-refractivity contribution in [2.45, 2.75) is 89.9 Å². The molecule has 0 rings (SSSR count). The van der Waals surface area contributed by atoms with Gasteiger partial charge in [-0.1, -0.05) is 71.3 Å². The van der Waals surface area contributed by atoms with Crippen molar-refractivity contribution >= 4 is 17.6 Å². The van der Waals surface area contributed by atoms with Crippen molar-refractivity contribution in [1.29, 1.82) is 0 Å². The van der Waals surface area contributed by atoms with Crippen LogP contribution in [0.15, 0.2) is 12.2 Å². The highest BCUT2D eigenvalue weighted by atomic mass is 35.5. The Hall–Kier alpha value is -0.540. The van der Waals surface area contributed by atoms with E-state index in [1.165, 1.54) is 71.1 Å². The first-order chi connectivity index (χ1) is 11.3. The van der Waals surface area contributed by atoms with Crippen LogP contribution in [-0.2, 0) is 4.79 Å². The third-order valence-corrected chi connectivity index (χ3v) is 4.31. The van der Waals surface area contributed by atoms with E-state index in [0.29, 0.717) is 5.38 Å². The van der Waals surface area contributed by atoms with Crippen molar-refractivity contribution in [2.24, 2.45) is 0 Å². The fraction of sp³-hybridized carbons (Fsp3) is 0.850. The smallest absolute Gasteiger partial charge is 0.330 e. The van der Waals surface area contributed by atoms with Crippen molar-refractivity contribution < 1.29 is 9.90 Å². The van der Waals surface area contributed by atoms with Crippen LogP contribution in [0.3, 0.4) is 0 Å². The maximum Gasteiger partial charge on any atom is 0.330 e. The van der Waals surface area contributed by atoms with Gasteiger partial charge in [0.2, 0.25) is 0 Å². The molecule has 1 N–H and O–H groups in total. The van der Waals surface area contributed by atoms with Gasteiger partial charge in [0.1, 0.15) is 0 Å².